The summed E-state index contributed by atoms with van der Waals surface area (Å²) in [5, 5.41) is 0.678. The Labute approximate surface area is 143 Å². The van der Waals surface area contributed by atoms with E-state index in [4.69, 9.17) is 11.6 Å². The maximum absolute atomic E-state index is 12.3. The zero-order chi connectivity index (χ0) is 16.7. The van der Waals surface area contributed by atoms with Crippen LogP contribution in [0.15, 0.2) is 53.4 Å². The Morgan fingerprint density at radius 3 is 2.09 bits per heavy atom. The van der Waals surface area contributed by atoms with Crippen LogP contribution >= 0.6 is 11.6 Å². The third-order valence-corrected chi connectivity index (χ3v) is 5.40. The first-order chi connectivity index (χ1) is 11.0. The van der Waals surface area contributed by atoms with Crippen molar-refractivity contribution in [2.75, 3.05) is 6.54 Å². The van der Waals surface area contributed by atoms with Gasteiger partial charge in [0.25, 0.3) is 0 Å². The monoisotopic (exact) mass is 351 g/mol. The molecule has 0 heterocycles. The molecule has 0 bridgehead atoms. The van der Waals surface area contributed by atoms with Gasteiger partial charge in [0, 0.05) is 11.6 Å². The van der Waals surface area contributed by atoms with Crippen molar-refractivity contribution >= 4 is 21.6 Å². The largest absolute Gasteiger partial charge is 0.240 e. The summed E-state index contributed by atoms with van der Waals surface area (Å²) in [5.74, 6) is 0. The van der Waals surface area contributed by atoms with Crippen LogP contribution in [0.25, 0.3) is 0 Å². The molecule has 0 saturated heterocycles. The number of sulfonamides is 1. The number of rotatable bonds is 8. The van der Waals surface area contributed by atoms with Gasteiger partial charge in [-0.1, -0.05) is 49.2 Å². The second-order valence-corrected chi connectivity index (χ2v) is 7.73. The van der Waals surface area contributed by atoms with E-state index in [0.29, 0.717) is 22.9 Å². The molecular formula is C18H22ClNO2S. The van der Waals surface area contributed by atoms with Crippen LogP contribution in [0.1, 0.15) is 30.9 Å². The molecule has 0 saturated carbocycles. The highest BCUT2D eigenvalue weighted by atomic mass is 35.5. The molecular weight excluding hydrogens is 330 g/mol. The van der Waals surface area contributed by atoms with E-state index in [9.17, 15) is 8.42 Å². The Kier molecular flexibility index (Phi) is 6.63. The molecule has 2 aromatic rings. The molecule has 3 nitrogen and oxygen atoms in total. The first kappa shape index (κ1) is 18.0. The second-order valence-electron chi connectivity index (χ2n) is 5.52. The minimum atomic E-state index is -3.45. The Morgan fingerprint density at radius 2 is 1.48 bits per heavy atom. The van der Waals surface area contributed by atoms with Gasteiger partial charge in [-0.05, 0) is 54.7 Å². The van der Waals surface area contributed by atoms with Gasteiger partial charge < -0.3 is 0 Å². The summed E-state index contributed by atoms with van der Waals surface area (Å²) in [6.45, 7) is 2.50. The van der Waals surface area contributed by atoms with Gasteiger partial charge in [0.2, 0.25) is 10.0 Å². The highest BCUT2D eigenvalue weighted by molar-refractivity contribution is 7.89. The molecule has 0 radical (unpaired) electrons. The van der Waals surface area contributed by atoms with Crippen LogP contribution in [0, 0.1) is 0 Å². The smallest absolute Gasteiger partial charge is 0.211 e. The van der Waals surface area contributed by atoms with Crippen LogP contribution in [-0.2, 0) is 22.9 Å². The maximum Gasteiger partial charge on any atom is 0.240 e. The third-order valence-electron chi connectivity index (χ3n) is 3.67. The number of nitrogens with one attached hydrogen (secondary N) is 1. The van der Waals surface area contributed by atoms with E-state index < -0.39 is 10.0 Å². The van der Waals surface area contributed by atoms with E-state index >= 15 is 0 Å². The summed E-state index contributed by atoms with van der Waals surface area (Å²) < 4.78 is 27.2. The standard InChI is InChI=1S/C18H22ClNO2S/c1-2-3-4-15-7-11-18(12-8-15)23(21,22)20-14-13-16-5-9-17(19)10-6-16/h5-12,20H,2-4,13-14H2,1H3. The van der Waals surface area contributed by atoms with Crippen molar-refractivity contribution in [3.63, 3.8) is 0 Å². The van der Waals surface area contributed by atoms with Crippen LogP contribution in [0.4, 0.5) is 0 Å². The van der Waals surface area contributed by atoms with Gasteiger partial charge in [-0.2, -0.15) is 0 Å². The van der Waals surface area contributed by atoms with Crippen molar-refractivity contribution in [1.29, 1.82) is 0 Å². The zero-order valence-corrected chi connectivity index (χ0v) is 14.8. The van der Waals surface area contributed by atoms with E-state index in [-0.39, 0.29) is 0 Å². The molecule has 0 atom stereocenters. The van der Waals surface area contributed by atoms with Crippen molar-refractivity contribution in [3.05, 3.63) is 64.7 Å². The predicted octanol–water partition coefficient (Wildman–Crippen LogP) is 4.20. The number of hydrogen-bond acceptors (Lipinski definition) is 2. The number of benzene rings is 2. The molecule has 0 aromatic heterocycles. The van der Waals surface area contributed by atoms with Crippen molar-refractivity contribution in [2.24, 2.45) is 0 Å². The maximum atomic E-state index is 12.3. The Morgan fingerprint density at radius 1 is 0.913 bits per heavy atom. The van der Waals surface area contributed by atoms with E-state index in [1.807, 2.05) is 24.3 Å². The number of hydrogen-bond donors (Lipinski definition) is 1. The highest BCUT2D eigenvalue weighted by Gasteiger charge is 2.13. The molecule has 0 unspecified atom stereocenters. The molecule has 5 heteroatoms. The quantitative estimate of drug-likeness (QED) is 0.774. The summed E-state index contributed by atoms with van der Waals surface area (Å²) in [6, 6.07) is 14.6. The molecule has 0 fully saturated rings. The van der Waals surface area contributed by atoms with E-state index in [1.165, 1.54) is 5.56 Å². The molecule has 0 aliphatic heterocycles. The molecule has 0 spiro atoms. The normalized spacial score (nSPS) is 11.6. The molecule has 23 heavy (non-hydrogen) atoms. The van der Waals surface area contributed by atoms with Gasteiger partial charge >= 0.3 is 0 Å². The van der Waals surface area contributed by atoms with Crippen molar-refractivity contribution < 1.29 is 8.42 Å². The Hall–Kier alpha value is -1.36. The minimum absolute atomic E-state index is 0.314. The highest BCUT2D eigenvalue weighted by Crippen LogP contribution is 2.13. The van der Waals surface area contributed by atoms with Crippen molar-refractivity contribution in [1.82, 2.24) is 4.72 Å². The molecule has 2 aromatic carbocycles. The van der Waals surface area contributed by atoms with Crippen molar-refractivity contribution in [3.8, 4) is 0 Å². The van der Waals surface area contributed by atoms with Crippen LogP contribution in [0.2, 0.25) is 5.02 Å². The lowest BCUT2D eigenvalue weighted by molar-refractivity contribution is 0.581. The number of unbranched alkanes of at least 4 members (excludes halogenated alkanes) is 1. The lowest BCUT2D eigenvalue weighted by Gasteiger charge is -2.08. The number of halogens is 1. The minimum Gasteiger partial charge on any atom is -0.211 e. The van der Waals surface area contributed by atoms with E-state index in [0.717, 1.165) is 24.8 Å². The van der Waals surface area contributed by atoms with Gasteiger partial charge in [0.15, 0.2) is 0 Å². The summed E-state index contributed by atoms with van der Waals surface area (Å²) >= 11 is 5.83. The fourth-order valence-electron chi connectivity index (χ4n) is 2.28. The average Bonchev–Trinajstić information content (AvgIpc) is 2.55. The summed E-state index contributed by atoms with van der Waals surface area (Å²) in [5.41, 5.74) is 2.22. The molecule has 124 valence electrons. The second kappa shape index (κ2) is 8.48. The fraction of sp³-hybridized carbons (Fsp3) is 0.333. The SMILES string of the molecule is CCCCc1ccc(S(=O)(=O)NCCc2ccc(Cl)cc2)cc1. The van der Waals surface area contributed by atoms with Crippen LogP contribution in [0.3, 0.4) is 0 Å². The molecule has 0 amide bonds. The van der Waals surface area contributed by atoms with E-state index in [1.54, 1.807) is 24.3 Å². The third kappa shape index (κ3) is 5.65. The molecule has 2 rings (SSSR count). The average molecular weight is 352 g/mol. The predicted molar refractivity (Wildman–Crippen MR) is 95.4 cm³/mol. The lowest BCUT2D eigenvalue weighted by Crippen LogP contribution is -2.26. The summed E-state index contributed by atoms with van der Waals surface area (Å²) in [6.07, 6.45) is 3.86. The Bertz CT molecular complexity index is 710. The Balaban J connectivity index is 1.91. The fourth-order valence-corrected chi connectivity index (χ4v) is 3.44. The van der Waals surface area contributed by atoms with Gasteiger partial charge in [-0.25, -0.2) is 13.1 Å². The van der Waals surface area contributed by atoms with Crippen LogP contribution < -0.4 is 4.72 Å². The van der Waals surface area contributed by atoms with Crippen molar-refractivity contribution in [2.45, 2.75) is 37.5 Å². The van der Waals surface area contributed by atoms with E-state index in [2.05, 4.69) is 11.6 Å². The molecule has 0 aliphatic carbocycles. The first-order valence-electron chi connectivity index (χ1n) is 7.84. The molecule has 1 N–H and O–H groups in total. The lowest BCUT2D eigenvalue weighted by atomic mass is 10.1. The van der Waals surface area contributed by atoms with Gasteiger partial charge in [-0.15, -0.1) is 0 Å². The zero-order valence-electron chi connectivity index (χ0n) is 13.3. The molecule has 0 aliphatic rings. The topological polar surface area (TPSA) is 46.2 Å². The number of aryl methyl sites for hydroxylation is 1. The van der Waals surface area contributed by atoms with Crippen LogP contribution in [-0.4, -0.2) is 15.0 Å². The summed E-state index contributed by atoms with van der Waals surface area (Å²) in [4.78, 5) is 0.314. The van der Waals surface area contributed by atoms with Gasteiger partial charge in [0.1, 0.15) is 0 Å². The summed E-state index contributed by atoms with van der Waals surface area (Å²) in [7, 11) is -3.45. The van der Waals surface area contributed by atoms with Gasteiger partial charge in [0.05, 0.1) is 4.90 Å². The van der Waals surface area contributed by atoms with Crippen LogP contribution in [0.5, 0.6) is 0 Å². The van der Waals surface area contributed by atoms with Gasteiger partial charge in [-0.3, -0.25) is 0 Å². The first-order valence-corrected chi connectivity index (χ1v) is 9.70.